The lowest BCUT2D eigenvalue weighted by Crippen LogP contribution is -2.32. The van der Waals surface area contributed by atoms with Gasteiger partial charge in [0.1, 0.15) is 0 Å². The van der Waals surface area contributed by atoms with E-state index in [0.29, 0.717) is 5.92 Å². The summed E-state index contributed by atoms with van der Waals surface area (Å²) in [6.45, 7) is 8.08. The van der Waals surface area contributed by atoms with Gasteiger partial charge in [0.15, 0.2) is 0 Å². The molecule has 27 heavy (non-hydrogen) atoms. The van der Waals surface area contributed by atoms with Gasteiger partial charge in [0.05, 0.1) is 12.0 Å². The van der Waals surface area contributed by atoms with Gasteiger partial charge in [-0.15, -0.1) is 0 Å². The van der Waals surface area contributed by atoms with E-state index in [0.717, 1.165) is 6.42 Å². The molecule has 2 N–H and O–H groups in total. The van der Waals surface area contributed by atoms with Gasteiger partial charge < -0.3 is 10.2 Å². The van der Waals surface area contributed by atoms with Crippen molar-refractivity contribution < 1.29 is 15.0 Å². The second-order valence-corrected chi connectivity index (χ2v) is 8.97. The summed E-state index contributed by atoms with van der Waals surface area (Å²) in [5.74, 6) is -0.974. The molecule has 0 rings (SSSR count). The third-order valence-electron chi connectivity index (χ3n) is 6.06. The lowest BCUT2D eigenvalue weighted by Gasteiger charge is -2.24. The fourth-order valence-corrected chi connectivity index (χ4v) is 4.04. The predicted octanol–water partition coefficient (Wildman–Crippen LogP) is 7.21. The first kappa shape index (κ1) is 26.4. The van der Waals surface area contributed by atoms with E-state index in [9.17, 15) is 9.90 Å². The minimum Gasteiger partial charge on any atom is -0.481 e. The molecule has 0 saturated heterocycles. The lowest BCUT2D eigenvalue weighted by atomic mass is 9.85. The minimum absolute atomic E-state index is 0.0491. The van der Waals surface area contributed by atoms with Crippen LogP contribution in [0.1, 0.15) is 124 Å². The van der Waals surface area contributed by atoms with Crippen molar-refractivity contribution in [3.63, 3.8) is 0 Å². The zero-order valence-electron chi connectivity index (χ0n) is 18.7. The van der Waals surface area contributed by atoms with Gasteiger partial charge in [0, 0.05) is 0 Å². The van der Waals surface area contributed by atoms with Crippen LogP contribution < -0.4 is 0 Å². The smallest absolute Gasteiger partial charge is 0.308 e. The zero-order chi connectivity index (χ0) is 20.5. The fraction of sp³-hybridized carbons (Fsp3) is 0.958. The average molecular weight is 385 g/mol. The van der Waals surface area contributed by atoms with Crippen LogP contribution in [0.25, 0.3) is 0 Å². The number of hydrogen-bond donors (Lipinski definition) is 2. The van der Waals surface area contributed by atoms with Crippen LogP contribution in [0, 0.1) is 17.8 Å². The normalized spacial score (nSPS) is 16.0. The molecule has 0 aliphatic heterocycles. The quantitative estimate of drug-likeness (QED) is 0.231. The number of carboxylic acids is 1. The number of aliphatic hydroxyl groups is 1. The predicted molar refractivity (Wildman–Crippen MR) is 116 cm³/mol. The number of hydrogen-bond acceptors (Lipinski definition) is 2. The van der Waals surface area contributed by atoms with E-state index in [-0.39, 0.29) is 5.92 Å². The van der Waals surface area contributed by atoms with Crippen LogP contribution in [-0.2, 0) is 4.79 Å². The first-order valence-electron chi connectivity index (χ1n) is 11.8. The molecule has 0 heterocycles. The Morgan fingerprint density at radius 1 is 0.741 bits per heavy atom. The molecule has 4 atom stereocenters. The van der Waals surface area contributed by atoms with Gasteiger partial charge in [-0.3, -0.25) is 4.79 Å². The zero-order valence-corrected chi connectivity index (χ0v) is 18.7. The summed E-state index contributed by atoms with van der Waals surface area (Å²) in [5.41, 5.74) is 0. The van der Waals surface area contributed by atoms with Crippen LogP contribution in [0.3, 0.4) is 0 Å². The first-order chi connectivity index (χ1) is 12.9. The molecule has 3 nitrogen and oxygen atoms in total. The summed E-state index contributed by atoms with van der Waals surface area (Å²) in [7, 11) is 0. The molecule has 0 fully saturated rings. The van der Waals surface area contributed by atoms with E-state index in [2.05, 4.69) is 13.8 Å². The molecule has 0 saturated carbocycles. The number of unbranched alkanes of at least 4 members (excludes halogenated alkanes) is 12. The highest BCUT2D eigenvalue weighted by Gasteiger charge is 2.27. The van der Waals surface area contributed by atoms with Crippen molar-refractivity contribution in [3.05, 3.63) is 0 Å². The Kier molecular flexibility index (Phi) is 17.2. The third kappa shape index (κ3) is 15.1. The maximum Gasteiger partial charge on any atom is 0.308 e. The number of carboxylic acid groups (broad SMARTS) is 1. The highest BCUT2D eigenvalue weighted by molar-refractivity contribution is 5.70. The SMILES string of the molecule is CCCCCCCCCCCCCCC[C@H](C)C[C@H](C)[C@H](O)[C@H](C)C(=O)O. The third-order valence-corrected chi connectivity index (χ3v) is 6.06. The van der Waals surface area contributed by atoms with E-state index in [4.69, 9.17) is 5.11 Å². The van der Waals surface area contributed by atoms with Gasteiger partial charge in [-0.2, -0.15) is 0 Å². The molecular formula is C24H48O3. The summed E-state index contributed by atoms with van der Waals surface area (Å²) in [6, 6.07) is 0. The molecule has 0 amide bonds. The van der Waals surface area contributed by atoms with Crippen molar-refractivity contribution in [2.45, 2.75) is 130 Å². The Balaban J connectivity index is 3.48. The Hall–Kier alpha value is -0.570. The molecule has 0 aromatic heterocycles. The van der Waals surface area contributed by atoms with Crippen LogP contribution in [0.4, 0.5) is 0 Å². The summed E-state index contributed by atoms with van der Waals surface area (Å²) in [6.07, 6.45) is 19.3. The van der Waals surface area contributed by atoms with Crippen molar-refractivity contribution in [3.8, 4) is 0 Å². The number of carbonyl (C=O) groups is 1. The molecule has 0 aromatic carbocycles. The van der Waals surface area contributed by atoms with E-state index < -0.39 is 18.0 Å². The summed E-state index contributed by atoms with van der Waals surface area (Å²) < 4.78 is 0. The average Bonchev–Trinajstić information content (AvgIpc) is 2.64. The number of aliphatic hydroxyl groups excluding tert-OH is 1. The van der Waals surface area contributed by atoms with Crippen LogP contribution in [-0.4, -0.2) is 22.3 Å². The second kappa shape index (κ2) is 17.5. The topological polar surface area (TPSA) is 57.5 Å². The van der Waals surface area contributed by atoms with Crippen molar-refractivity contribution >= 4 is 5.97 Å². The van der Waals surface area contributed by atoms with Crippen molar-refractivity contribution in [1.29, 1.82) is 0 Å². The summed E-state index contributed by atoms with van der Waals surface area (Å²) in [4.78, 5) is 11.0. The maximum absolute atomic E-state index is 11.0. The van der Waals surface area contributed by atoms with E-state index >= 15 is 0 Å². The molecule has 0 spiro atoms. The summed E-state index contributed by atoms with van der Waals surface area (Å²) in [5, 5.41) is 19.1. The van der Waals surface area contributed by atoms with Crippen molar-refractivity contribution in [2.75, 3.05) is 0 Å². The van der Waals surface area contributed by atoms with Crippen molar-refractivity contribution in [1.82, 2.24) is 0 Å². The Bertz CT molecular complexity index is 343. The molecule has 0 aliphatic carbocycles. The van der Waals surface area contributed by atoms with Crippen molar-refractivity contribution in [2.24, 2.45) is 17.8 Å². The van der Waals surface area contributed by atoms with Gasteiger partial charge >= 0.3 is 5.97 Å². The Morgan fingerprint density at radius 3 is 1.56 bits per heavy atom. The van der Waals surface area contributed by atoms with Crippen LogP contribution in [0.2, 0.25) is 0 Å². The highest BCUT2D eigenvalue weighted by Crippen LogP contribution is 2.24. The second-order valence-electron chi connectivity index (χ2n) is 8.97. The molecule has 0 unspecified atom stereocenters. The molecule has 162 valence electrons. The maximum atomic E-state index is 11.0. The van der Waals surface area contributed by atoms with Gasteiger partial charge in [-0.1, -0.05) is 111 Å². The van der Waals surface area contributed by atoms with Gasteiger partial charge in [-0.05, 0) is 25.2 Å². The molecule has 0 bridgehead atoms. The highest BCUT2D eigenvalue weighted by atomic mass is 16.4. The van der Waals surface area contributed by atoms with Gasteiger partial charge in [-0.25, -0.2) is 0 Å². The molecular weight excluding hydrogens is 336 g/mol. The van der Waals surface area contributed by atoms with Gasteiger partial charge in [0.2, 0.25) is 0 Å². The standard InChI is InChI=1S/C24H48O3/c1-5-6-7-8-9-10-11-12-13-14-15-16-17-18-20(2)19-21(3)23(25)22(4)24(26)27/h20-23,25H,5-19H2,1-4H3,(H,26,27)/t20-,21-,22-,23-/m0/s1. The lowest BCUT2D eigenvalue weighted by molar-refractivity contribution is -0.146. The van der Waals surface area contributed by atoms with E-state index in [1.165, 1.54) is 89.9 Å². The van der Waals surface area contributed by atoms with E-state index in [1.54, 1.807) is 6.92 Å². The van der Waals surface area contributed by atoms with E-state index in [1.807, 2.05) is 6.92 Å². The molecule has 0 radical (unpaired) electrons. The summed E-state index contributed by atoms with van der Waals surface area (Å²) >= 11 is 0. The Morgan fingerprint density at radius 2 is 1.15 bits per heavy atom. The molecule has 0 aromatic rings. The molecule has 3 heteroatoms. The minimum atomic E-state index is -0.904. The van der Waals surface area contributed by atoms with Crippen LogP contribution in [0.5, 0.6) is 0 Å². The van der Waals surface area contributed by atoms with Gasteiger partial charge in [0.25, 0.3) is 0 Å². The number of aliphatic carboxylic acids is 1. The Labute approximate surface area is 169 Å². The number of rotatable bonds is 19. The monoisotopic (exact) mass is 384 g/mol. The largest absolute Gasteiger partial charge is 0.481 e. The molecule has 0 aliphatic rings. The fourth-order valence-electron chi connectivity index (χ4n) is 4.04. The first-order valence-corrected chi connectivity index (χ1v) is 11.8. The van der Waals surface area contributed by atoms with Crippen LogP contribution in [0.15, 0.2) is 0 Å². The van der Waals surface area contributed by atoms with Crippen LogP contribution >= 0.6 is 0 Å².